The van der Waals surface area contributed by atoms with Crippen LogP contribution in [0.5, 0.6) is 0 Å². The number of hydrogen-bond acceptors (Lipinski definition) is 1. The van der Waals surface area contributed by atoms with Gasteiger partial charge in [-0.1, -0.05) is 79.8 Å². The van der Waals surface area contributed by atoms with Crippen molar-refractivity contribution in [3.8, 4) is 11.4 Å². The first-order valence-electron chi connectivity index (χ1n) is 14.3. The van der Waals surface area contributed by atoms with Crippen LogP contribution in [0, 0.1) is 5.41 Å². The molecule has 7 aromatic rings. The van der Waals surface area contributed by atoms with Gasteiger partial charge in [-0.25, -0.2) is 0 Å². The van der Waals surface area contributed by atoms with Gasteiger partial charge in [-0.05, 0) is 76.9 Å². The summed E-state index contributed by atoms with van der Waals surface area (Å²) in [7, 11) is 0. The summed E-state index contributed by atoms with van der Waals surface area (Å²) in [4.78, 5) is 4.52. The van der Waals surface area contributed by atoms with E-state index in [4.69, 9.17) is 0 Å². The third-order valence-electron chi connectivity index (χ3n) is 9.15. The van der Waals surface area contributed by atoms with Crippen molar-refractivity contribution in [1.29, 1.82) is 0 Å². The van der Waals surface area contributed by atoms with Crippen LogP contribution in [0.25, 0.3) is 60.9 Å². The van der Waals surface area contributed by atoms with Gasteiger partial charge in [0.25, 0.3) is 0 Å². The van der Waals surface area contributed by atoms with Crippen molar-refractivity contribution in [2.24, 2.45) is 5.41 Å². The third kappa shape index (κ3) is 3.12. The number of para-hydroxylation sites is 1. The Morgan fingerprint density at radius 2 is 1.51 bits per heavy atom. The lowest BCUT2D eigenvalue weighted by Crippen LogP contribution is -2.24. The van der Waals surface area contributed by atoms with Crippen molar-refractivity contribution in [2.75, 3.05) is 0 Å². The molecule has 3 aromatic heterocycles. The van der Waals surface area contributed by atoms with Crippen LogP contribution in [0.15, 0.2) is 133 Å². The van der Waals surface area contributed by atoms with E-state index in [1.54, 1.807) is 0 Å². The molecule has 0 amide bonds. The van der Waals surface area contributed by atoms with Crippen molar-refractivity contribution >= 4 is 49.6 Å². The van der Waals surface area contributed by atoms with Crippen LogP contribution in [-0.2, 0) is 6.42 Å². The second-order valence-electron chi connectivity index (χ2n) is 11.6. The Labute approximate surface area is 238 Å². The average Bonchev–Trinajstić information content (AvgIpc) is 3.50. The van der Waals surface area contributed by atoms with Crippen molar-refractivity contribution in [3.05, 3.63) is 145 Å². The molecule has 3 heterocycles. The van der Waals surface area contributed by atoms with Gasteiger partial charge in [-0.3, -0.25) is 4.98 Å². The lowest BCUT2D eigenvalue weighted by atomic mass is 9.71. The van der Waals surface area contributed by atoms with E-state index >= 15 is 0 Å². The Morgan fingerprint density at radius 1 is 0.707 bits per heavy atom. The molecule has 4 aromatic carbocycles. The fourth-order valence-corrected chi connectivity index (χ4v) is 7.21. The monoisotopic (exact) mass is 525 g/mol. The molecule has 2 aliphatic rings. The van der Waals surface area contributed by atoms with Crippen LogP contribution in [0.3, 0.4) is 0 Å². The topological polar surface area (TPSA) is 22.8 Å². The molecule has 0 N–H and O–H groups in total. The maximum absolute atomic E-state index is 4.52. The Balaban J connectivity index is 1.49. The molecule has 1 atom stereocenters. The Bertz CT molecular complexity index is 2280. The van der Waals surface area contributed by atoms with E-state index in [1.165, 1.54) is 66.0 Å². The molecule has 2 aliphatic carbocycles. The van der Waals surface area contributed by atoms with Crippen LogP contribution < -0.4 is 0 Å². The molecule has 41 heavy (non-hydrogen) atoms. The quantitative estimate of drug-likeness (QED) is 0.220. The van der Waals surface area contributed by atoms with Crippen molar-refractivity contribution in [3.63, 3.8) is 0 Å². The van der Waals surface area contributed by atoms with Gasteiger partial charge in [0.05, 0.1) is 34.1 Å². The SMILES string of the molecule is CC12C=CC=CC1=Cc1c(c3cc4c(cc3n1-c1cccnc1)c1c3ccccc3ccc1n4-c1ccccc1)C2. The molecule has 0 bridgehead atoms. The summed E-state index contributed by atoms with van der Waals surface area (Å²) >= 11 is 0. The molecule has 0 saturated heterocycles. The molecule has 0 spiro atoms. The summed E-state index contributed by atoms with van der Waals surface area (Å²) in [6, 6.07) is 33.1. The Kier molecular flexibility index (Phi) is 4.52. The summed E-state index contributed by atoms with van der Waals surface area (Å²) in [5, 5.41) is 6.41. The van der Waals surface area contributed by atoms with Gasteiger partial charge in [0.2, 0.25) is 0 Å². The molecule has 3 heteroatoms. The fourth-order valence-electron chi connectivity index (χ4n) is 7.21. The van der Waals surface area contributed by atoms with E-state index in [1.807, 2.05) is 18.5 Å². The average molecular weight is 526 g/mol. The van der Waals surface area contributed by atoms with E-state index in [2.05, 4.69) is 136 Å². The number of rotatable bonds is 2. The molecule has 0 fully saturated rings. The molecule has 0 aliphatic heterocycles. The summed E-state index contributed by atoms with van der Waals surface area (Å²) in [5.41, 5.74) is 9.95. The van der Waals surface area contributed by atoms with E-state index in [-0.39, 0.29) is 5.41 Å². The number of allylic oxidation sites excluding steroid dienone is 5. The zero-order chi connectivity index (χ0) is 27.1. The minimum Gasteiger partial charge on any atom is -0.309 e. The zero-order valence-corrected chi connectivity index (χ0v) is 22.8. The largest absolute Gasteiger partial charge is 0.309 e. The van der Waals surface area contributed by atoms with Gasteiger partial charge < -0.3 is 9.13 Å². The summed E-state index contributed by atoms with van der Waals surface area (Å²) < 4.78 is 4.87. The van der Waals surface area contributed by atoms with Crippen LogP contribution in [-0.4, -0.2) is 14.1 Å². The minimum atomic E-state index is -0.0207. The van der Waals surface area contributed by atoms with Gasteiger partial charge in [-0.15, -0.1) is 0 Å². The van der Waals surface area contributed by atoms with Gasteiger partial charge >= 0.3 is 0 Å². The fraction of sp³-hybridized carbons (Fsp3) is 0.0789. The normalized spacial score (nSPS) is 17.8. The standard InChI is InChI=1S/C38H27N3/c1-38-18-8-7-11-26(38)20-34-32(23-38)30-21-36-31(22-35(30)41(34)28-14-9-19-39-24-28)37-29-15-6-5-10-25(29)16-17-33(37)40(36)27-12-3-2-4-13-27/h2-22,24H,23H2,1H3. The lowest BCUT2D eigenvalue weighted by molar-refractivity contribution is 0.517. The number of nitrogens with zero attached hydrogens (tertiary/aromatic N) is 3. The first kappa shape index (κ1) is 22.6. The van der Waals surface area contributed by atoms with E-state index in [9.17, 15) is 0 Å². The van der Waals surface area contributed by atoms with E-state index in [0.29, 0.717) is 0 Å². The lowest BCUT2D eigenvalue weighted by Gasteiger charge is -2.33. The van der Waals surface area contributed by atoms with Crippen LogP contribution in [0.4, 0.5) is 0 Å². The second kappa shape index (κ2) is 8.18. The molecule has 0 radical (unpaired) electrons. The maximum atomic E-state index is 4.52. The predicted octanol–water partition coefficient (Wildman–Crippen LogP) is 9.35. The third-order valence-corrected chi connectivity index (χ3v) is 9.15. The molecular weight excluding hydrogens is 498 g/mol. The molecule has 3 nitrogen and oxygen atoms in total. The molecule has 1 unspecified atom stereocenters. The van der Waals surface area contributed by atoms with Crippen molar-refractivity contribution in [1.82, 2.24) is 14.1 Å². The van der Waals surface area contributed by atoms with Crippen LogP contribution >= 0.6 is 0 Å². The highest BCUT2D eigenvalue weighted by Crippen LogP contribution is 2.48. The first-order valence-corrected chi connectivity index (χ1v) is 14.3. The molecule has 194 valence electrons. The van der Waals surface area contributed by atoms with Crippen LogP contribution in [0.2, 0.25) is 0 Å². The Morgan fingerprint density at radius 3 is 2.39 bits per heavy atom. The van der Waals surface area contributed by atoms with E-state index in [0.717, 1.165) is 12.1 Å². The van der Waals surface area contributed by atoms with Gasteiger partial charge in [0, 0.05) is 33.5 Å². The van der Waals surface area contributed by atoms with Gasteiger partial charge in [0.1, 0.15) is 0 Å². The summed E-state index contributed by atoms with van der Waals surface area (Å²) in [6.45, 7) is 2.36. The highest BCUT2D eigenvalue weighted by Gasteiger charge is 2.34. The number of aromatic nitrogens is 3. The molecule has 9 rings (SSSR count). The van der Waals surface area contributed by atoms with E-state index < -0.39 is 0 Å². The highest BCUT2D eigenvalue weighted by atomic mass is 15.0. The predicted molar refractivity (Wildman–Crippen MR) is 171 cm³/mol. The zero-order valence-electron chi connectivity index (χ0n) is 22.8. The molecular formula is C38H27N3. The number of hydrogen-bond donors (Lipinski definition) is 0. The Hall–Kier alpha value is -5.15. The molecule has 0 saturated carbocycles. The van der Waals surface area contributed by atoms with Gasteiger partial charge in [-0.2, -0.15) is 0 Å². The summed E-state index contributed by atoms with van der Waals surface area (Å²) in [6.07, 6.45) is 16.2. The smallest absolute Gasteiger partial charge is 0.0645 e. The number of pyridine rings is 1. The number of benzene rings is 4. The van der Waals surface area contributed by atoms with Crippen molar-refractivity contribution in [2.45, 2.75) is 13.3 Å². The maximum Gasteiger partial charge on any atom is 0.0645 e. The highest BCUT2D eigenvalue weighted by molar-refractivity contribution is 6.23. The summed E-state index contributed by atoms with van der Waals surface area (Å²) in [5.74, 6) is 0. The first-order chi connectivity index (χ1) is 20.2. The minimum absolute atomic E-state index is 0.0207. The number of fused-ring (bicyclic) bond motifs is 9. The van der Waals surface area contributed by atoms with Crippen LogP contribution in [0.1, 0.15) is 18.2 Å². The van der Waals surface area contributed by atoms with Gasteiger partial charge in [0.15, 0.2) is 0 Å². The van der Waals surface area contributed by atoms with Crippen molar-refractivity contribution < 1.29 is 0 Å². The second-order valence-corrected chi connectivity index (χ2v) is 11.6.